The highest BCUT2D eigenvalue weighted by molar-refractivity contribution is 5.71. The van der Waals surface area contributed by atoms with Crippen molar-refractivity contribution in [1.29, 1.82) is 5.26 Å². The van der Waals surface area contributed by atoms with Crippen LogP contribution in [0.3, 0.4) is 0 Å². The fourth-order valence-electron chi connectivity index (χ4n) is 3.29. The Labute approximate surface area is 167 Å². The fourth-order valence-corrected chi connectivity index (χ4v) is 3.29. The van der Waals surface area contributed by atoms with Crippen LogP contribution >= 0.6 is 0 Å². The first-order chi connectivity index (χ1) is 14.0. The molecule has 0 spiro atoms. The van der Waals surface area contributed by atoms with Crippen molar-refractivity contribution in [3.8, 4) is 11.8 Å². The first kappa shape index (κ1) is 20.0. The van der Waals surface area contributed by atoms with Gasteiger partial charge in [-0.05, 0) is 35.4 Å². The van der Waals surface area contributed by atoms with Gasteiger partial charge in [-0.3, -0.25) is 14.7 Å². The zero-order chi connectivity index (χ0) is 20.8. The minimum absolute atomic E-state index is 0.0128. The molecule has 7 heteroatoms. The molecule has 1 atom stereocenters. The Bertz CT molecular complexity index is 1070. The van der Waals surface area contributed by atoms with Gasteiger partial charge in [0.15, 0.2) is 0 Å². The second-order valence-corrected chi connectivity index (χ2v) is 6.56. The van der Waals surface area contributed by atoms with Crippen molar-refractivity contribution < 1.29 is 14.3 Å². The molecule has 0 aliphatic carbocycles. The lowest BCUT2D eigenvalue weighted by Gasteiger charge is -2.16. The van der Waals surface area contributed by atoms with Crippen LogP contribution in [0.4, 0.5) is 0 Å². The highest BCUT2D eigenvalue weighted by atomic mass is 16.5. The van der Waals surface area contributed by atoms with Crippen LogP contribution in [0.5, 0.6) is 5.75 Å². The molecule has 0 amide bonds. The van der Waals surface area contributed by atoms with Crippen molar-refractivity contribution in [2.24, 2.45) is 0 Å². The number of hydrogen-bond donors (Lipinski definition) is 2. The molecule has 148 valence electrons. The third kappa shape index (κ3) is 4.55. The lowest BCUT2D eigenvalue weighted by molar-refractivity contribution is -0.140. The van der Waals surface area contributed by atoms with Crippen molar-refractivity contribution in [2.75, 3.05) is 14.2 Å². The molecule has 0 saturated heterocycles. The predicted octanol–water partition coefficient (Wildman–Crippen LogP) is 2.87. The van der Waals surface area contributed by atoms with E-state index >= 15 is 0 Å². The molecule has 0 saturated carbocycles. The topological polar surface area (TPSA) is 108 Å². The molecular formula is C22H21N3O4. The van der Waals surface area contributed by atoms with E-state index in [0.717, 1.165) is 16.9 Å². The van der Waals surface area contributed by atoms with Gasteiger partial charge in [-0.1, -0.05) is 24.3 Å². The van der Waals surface area contributed by atoms with E-state index in [9.17, 15) is 9.59 Å². The van der Waals surface area contributed by atoms with Gasteiger partial charge in [0, 0.05) is 23.6 Å². The Balaban J connectivity index is 2.00. The second-order valence-electron chi connectivity index (χ2n) is 6.56. The number of nitrogens with one attached hydrogen (secondary N) is 2. The van der Waals surface area contributed by atoms with Gasteiger partial charge < -0.3 is 14.6 Å². The summed E-state index contributed by atoms with van der Waals surface area (Å²) < 4.78 is 10.0. The Kier molecular flexibility index (Phi) is 6.15. The van der Waals surface area contributed by atoms with Crippen LogP contribution in [0.15, 0.2) is 53.3 Å². The zero-order valence-electron chi connectivity index (χ0n) is 16.2. The first-order valence-electron chi connectivity index (χ1n) is 9.05. The summed E-state index contributed by atoms with van der Waals surface area (Å²) in [7, 11) is 2.92. The maximum absolute atomic E-state index is 12.6. The molecule has 1 heterocycles. The van der Waals surface area contributed by atoms with Crippen LogP contribution in [0.1, 0.15) is 40.3 Å². The van der Waals surface area contributed by atoms with E-state index in [1.165, 1.54) is 7.11 Å². The number of nitriles is 1. The van der Waals surface area contributed by atoms with Crippen LogP contribution in [0.25, 0.3) is 0 Å². The molecule has 29 heavy (non-hydrogen) atoms. The molecule has 2 N–H and O–H groups in total. The van der Waals surface area contributed by atoms with Gasteiger partial charge in [-0.15, -0.1) is 0 Å². The number of aromatic amines is 2. The number of H-pyrrole nitrogens is 2. The van der Waals surface area contributed by atoms with Crippen molar-refractivity contribution >= 4 is 5.97 Å². The average Bonchev–Trinajstić information content (AvgIpc) is 3.12. The highest BCUT2D eigenvalue weighted by Crippen LogP contribution is 2.29. The molecule has 1 aromatic heterocycles. The predicted molar refractivity (Wildman–Crippen MR) is 107 cm³/mol. The standard InChI is InChI=1S/C22H21N3O4/c1-28-17-9-5-14(6-10-17)11-19-21(22(27)25-24-19)18(12-20(26)29-2)16-7-3-15(13-23)4-8-16/h3-10,18H,11-12H2,1-2H3,(H2,24,25,27)/t18-/m1/s1. The quantitative estimate of drug-likeness (QED) is 0.602. The summed E-state index contributed by atoms with van der Waals surface area (Å²) in [5.74, 6) is -0.175. The molecule has 0 fully saturated rings. The molecule has 2 aromatic carbocycles. The van der Waals surface area contributed by atoms with E-state index in [1.54, 1.807) is 31.4 Å². The van der Waals surface area contributed by atoms with Gasteiger partial charge in [0.25, 0.3) is 5.56 Å². The van der Waals surface area contributed by atoms with E-state index in [0.29, 0.717) is 23.2 Å². The lowest BCUT2D eigenvalue weighted by atomic mass is 9.87. The van der Waals surface area contributed by atoms with E-state index in [1.807, 2.05) is 24.3 Å². The third-order valence-corrected chi connectivity index (χ3v) is 4.83. The van der Waals surface area contributed by atoms with Gasteiger partial charge in [-0.2, -0.15) is 5.26 Å². The summed E-state index contributed by atoms with van der Waals surface area (Å²) >= 11 is 0. The summed E-state index contributed by atoms with van der Waals surface area (Å²) in [6.45, 7) is 0. The van der Waals surface area contributed by atoms with Crippen LogP contribution in [-0.4, -0.2) is 30.4 Å². The largest absolute Gasteiger partial charge is 0.497 e. The van der Waals surface area contributed by atoms with Gasteiger partial charge in [0.1, 0.15) is 5.75 Å². The van der Waals surface area contributed by atoms with Gasteiger partial charge in [0.2, 0.25) is 0 Å². The molecule has 0 unspecified atom stereocenters. The molecule has 0 aliphatic rings. The number of carbonyl (C=O) groups is 1. The van der Waals surface area contributed by atoms with Crippen molar-refractivity contribution in [2.45, 2.75) is 18.8 Å². The number of ether oxygens (including phenoxy) is 2. The van der Waals surface area contributed by atoms with Crippen LogP contribution < -0.4 is 10.3 Å². The number of hydrogen-bond acceptors (Lipinski definition) is 5. The maximum atomic E-state index is 12.6. The molecule has 3 rings (SSSR count). The van der Waals surface area contributed by atoms with Crippen molar-refractivity contribution in [3.63, 3.8) is 0 Å². The fraction of sp³-hybridized carbons (Fsp3) is 0.227. The minimum atomic E-state index is -0.501. The summed E-state index contributed by atoms with van der Waals surface area (Å²) in [6, 6.07) is 16.5. The maximum Gasteiger partial charge on any atom is 0.306 e. The van der Waals surface area contributed by atoms with Crippen LogP contribution in [-0.2, 0) is 16.0 Å². The Morgan fingerprint density at radius 3 is 2.34 bits per heavy atom. The van der Waals surface area contributed by atoms with E-state index in [-0.39, 0.29) is 12.0 Å². The molecule has 0 radical (unpaired) electrons. The Morgan fingerprint density at radius 2 is 1.76 bits per heavy atom. The highest BCUT2D eigenvalue weighted by Gasteiger charge is 2.26. The lowest BCUT2D eigenvalue weighted by Crippen LogP contribution is -2.18. The number of carbonyl (C=O) groups excluding carboxylic acids is 1. The van der Waals surface area contributed by atoms with Gasteiger partial charge in [-0.25, -0.2) is 0 Å². The molecule has 7 nitrogen and oxygen atoms in total. The van der Waals surface area contributed by atoms with Crippen molar-refractivity contribution in [1.82, 2.24) is 10.2 Å². The molecule has 0 aliphatic heterocycles. The molecule has 3 aromatic rings. The zero-order valence-corrected chi connectivity index (χ0v) is 16.2. The summed E-state index contributed by atoms with van der Waals surface area (Å²) in [5.41, 5.74) is 3.14. The third-order valence-electron chi connectivity index (χ3n) is 4.83. The SMILES string of the molecule is COC(=O)C[C@H](c1ccc(C#N)cc1)c1c(Cc2ccc(OC)cc2)[nH][nH]c1=O. The monoisotopic (exact) mass is 391 g/mol. The molecule has 0 bridgehead atoms. The van der Waals surface area contributed by atoms with E-state index in [2.05, 4.69) is 16.3 Å². The smallest absolute Gasteiger partial charge is 0.306 e. The normalized spacial score (nSPS) is 11.5. The Hall–Kier alpha value is -3.79. The van der Waals surface area contributed by atoms with Crippen molar-refractivity contribution in [3.05, 3.63) is 86.8 Å². The average molecular weight is 391 g/mol. The first-order valence-corrected chi connectivity index (χ1v) is 9.05. The van der Waals surface area contributed by atoms with Gasteiger partial charge >= 0.3 is 5.97 Å². The summed E-state index contributed by atoms with van der Waals surface area (Å²) in [6.07, 6.45) is 0.491. The van der Waals surface area contributed by atoms with E-state index < -0.39 is 11.9 Å². The Morgan fingerprint density at radius 1 is 1.07 bits per heavy atom. The number of rotatable bonds is 7. The van der Waals surface area contributed by atoms with Crippen LogP contribution in [0.2, 0.25) is 0 Å². The summed E-state index contributed by atoms with van der Waals surface area (Å²) in [4.78, 5) is 24.7. The van der Waals surface area contributed by atoms with E-state index in [4.69, 9.17) is 14.7 Å². The number of aromatic nitrogens is 2. The summed E-state index contributed by atoms with van der Waals surface area (Å²) in [5, 5.41) is 14.6. The number of nitrogens with zero attached hydrogens (tertiary/aromatic N) is 1. The number of benzene rings is 2. The molecular weight excluding hydrogens is 370 g/mol. The number of esters is 1. The number of methoxy groups -OCH3 is 2. The minimum Gasteiger partial charge on any atom is -0.497 e. The second kappa shape index (κ2) is 8.93. The van der Waals surface area contributed by atoms with Gasteiger partial charge in [0.05, 0.1) is 32.3 Å². The van der Waals surface area contributed by atoms with Crippen LogP contribution in [0, 0.1) is 11.3 Å².